The normalized spacial score (nSPS) is 35.4. The van der Waals surface area contributed by atoms with Crippen LogP contribution in [0.25, 0.3) is 0 Å². The monoisotopic (exact) mass is 336 g/mol. The van der Waals surface area contributed by atoms with Gasteiger partial charge in [0.15, 0.2) is 0 Å². The van der Waals surface area contributed by atoms with Crippen LogP contribution < -0.4 is 0 Å². The molecule has 0 amide bonds. The second-order valence-electron chi connectivity index (χ2n) is 6.75. The molecule has 0 heterocycles. The van der Waals surface area contributed by atoms with Crippen LogP contribution in [0.4, 0.5) is 0 Å². The Kier molecular flexibility index (Phi) is 6.94. The molecule has 2 aliphatic rings. The minimum Gasteiger partial charge on any atom is -0.514 e. The average molecular weight is 336 g/mol. The van der Waals surface area contributed by atoms with Gasteiger partial charge in [0.05, 0.1) is 0 Å². The topological polar surface area (TPSA) is 17.1 Å². The molecule has 105 valence electrons. The van der Waals surface area contributed by atoms with E-state index >= 15 is 0 Å². The summed E-state index contributed by atoms with van der Waals surface area (Å²) in [4.78, 5) is 10.4. The molecule has 1 unspecified atom stereocenters. The van der Waals surface area contributed by atoms with Gasteiger partial charge in [0, 0.05) is 39.1 Å². The molecule has 1 radical (unpaired) electrons. The Morgan fingerprint density at radius 2 is 2.21 bits per heavy atom. The molecule has 2 rings (SSSR count). The van der Waals surface area contributed by atoms with Crippen molar-refractivity contribution in [3.8, 4) is 0 Å². The average Bonchev–Trinajstić information content (AvgIpc) is 2.68. The van der Waals surface area contributed by atoms with Crippen molar-refractivity contribution in [1.82, 2.24) is 0 Å². The van der Waals surface area contributed by atoms with Crippen molar-refractivity contribution < 1.29 is 37.5 Å². The van der Waals surface area contributed by atoms with Gasteiger partial charge >= 0.3 is 0 Å². The Labute approximate surface area is 143 Å². The van der Waals surface area contributed by atoms with Crippen LogP contribution in [0.5, 0.6) is 0 Å². The summed E-state index contributed by atoms with van der Waals surface area (Å²) in [5.74, 6) is 2.23. The first kappa shape index (κ1) is 17.6. The van der Waals surface area contributed by atoms with E-state index in [4.69, 9.17) is 6.58 Å². The Morgan fingerprint density at radius 1 is 1.47 bits per heavy atom. The molecule has 2 saturated carbocycles. The summed E-state index contributed by atoms with van der Waals surface area (Å²) in [6, 6.07) is 0. The second kappa shape index (κ2) is 7.50. The third-order valence-corrected chi connectivity index (χ3v) is 5.71. The van der Waals surface area contributed by atoms with Crippen molar-refractivity contribution in [2.75, 3.05) is 0 Å². The maximum Gasteiger partial charge on any atom is 0.119 e. The zero-order valence-electron chi connectivity index (χ0n) is 12.5. The summed E-state index contributed by atoms with van der Waals surface area (Å²) in [5, 5.41) is 0. The van der Waals surface area contributed by atoms with Crippen LogP contribution in [0.15, 0.2) is 5.57 Å². The van der Waals surface area contributed by atoms with E-state index in [2.05, 4.69) is 13.8 Å². The van der Waals surface area contributed by atoms with E-state index in [1.54, 1.807) is 0 Å². The molecule has 0 saturated heterocycles. The molecule has 2 aliphatic carbocycles. The number of rotatable bonds is 5. The first-order chi connectivity index (χ1) is 8.59. The number of aldehydes is 1. The van der Waals surface area contributed by atoms with Crippen LogP contribution in [0.3, 0.4) is 0 Å². The van der Waals surface area contributed by atoms with E-state index in [9.17, 15) is 4.79 Å². The Balaban J connectivity index is 0.00000180. The number of carbonyl (C=O) groups is 1. The SMILES string of the molecule is [CH-]=C1CCC[C@@]2(C)C1CC[C@@H]2[C@@H](C)CCCC=O.[Y]. The van der Waals surface area contributed by atoms with Crippen molar-refractivity contribution >= 4 is 6.29 Å². The van der Waals surface area contributed by atoms with Crippen LogP contribution in [0.1, 0.15) is 65.2 Å². The van der Waals surface area contributed by atoms with Crippen molar-refractivity contribution in [1.29, 1.82) is 0 Å². The molecule has 2 heteroatoms. The summed E-state index contributed by atoms with van der Waals surface area (Å²) in [7, 11) is 0. The molecule has 0 bridgehead atoms. The van der Waals surface area contributed by atoms with E-state index in [0.717, 1.165) is 37.4 Å². The first-order valence-electron chi connectivity index (χ1n) is 7.64. The molecule has 0 aromatic carbocycles. The predicted molar refractivity (Wildman–Crippen MR) is 75.1 cm³/mol. The molecule has 0 spiro atoms. The Morgan fingerprint density at radius 3 is 2.89 bits per heavy atom. The number of hydrogen-bond donors (Lipinski definition) is 0. The first-order valence-corrected chi connectivity index (χ1v) is 7.64. The molecule has 2 fully saturated rings. The maximum atomic E-state index is 10.4. The summed E-state index contributed by atoms with van der Waals surface area (Å²) in [6.07, 6.45) is 10.4. The summed E-state index contributed by atoms with van der Waals surface area (Å²) in [6.45, 7) is 11.1. The van der Waals surface area contributed by atoms with Crippen molar-refractivity contribution in [3.05, 3.63) is 12.2 Å². The third-order valence-electron chi connectivity index (χ3n) is 5.71. The molecule has 0 aromatic heterocycles. The number of hydrogen-bond acceptors (Lipinski definition) is 1. The minimum absolute atomic E-state index is 0. The van der Waals surface area contributed by atoms with Crippen molar-refractivity contribution in [3.63, 3.8) is 0 Å². The quantitative estimate of drug-likeness (QED) is 0.408. The molecule has 4 atom stereocenters. The molecular formula is C17H27OY-. The van der Waals surface area contributed by atoms with Gasteiger partial charge in [-0.15, -0.1) is 0 Å². The predicted octanol–water partition coefficient (Wildman–Crippen LogP) is 4.56. The van der Waals surface area contributed by atoms with Gasteiger partial charge in [-0.1, -0.05) is 33.1 Å². The molecule has 0 N–H and O–H groups in total. The van der Waals surface area contributed by atoms with Crippen LogP contribution in [0.2, 0.25) is 0 Å². The third kappa shape index (κ3) is 3.59. The summed E-state index contributed by atoms with van der Waals surface area (Å²) in [5.41, 5.74) is 1.72. The molecule has 0 aromatic rings. The Hall–Kier alpha value is 0.514. The number of fused-ring (bicyclic) bond motifs is 1. The zero-order chi connectivity index (χ0) is 13.2. The van der Waals surface area contributed by atoms with Gasteiger partial charge in [-0.3, -0.25) is 5.57 Å². The minimum atomic E-state index is 0. The number of carbonyl (C=O) groups excluding carboxylic acids is 1. The van der Waals surface area contributed by atoms with E-state index in [1.165, 1.54) is 37.7 Å². The molecule has 1 nitrogen and oxygen atoms in total. The van der Waals surface area contributed by atoms with Gasteiger partial charge in [0.25, 0.3) is 0 Å². The largest absolute Gasteiger partial charge is 0.514 e. The second-order valence-corrected chi connectivity index (χ2v) is 6.75. The molecular weight excluding hydrogens is 309 g/mol. The van der Waals surface area contributed by atoms with E-state index < -0.39 is 0 Å². The van der Waals surface area contributed by atoms with Gasteiger partial charge in [-0.2, -0.15) is 0 Å². The fourth-order valence-corrected chi connectivity index (χ4v) is 4.74. The van der Waals surface area contributed by atoms with Crippen LogP contribution in [0, 0.1) is 29.7 Å². The van der Waals surface area contributed by atoms with E-state index in [0.29, 0.717) is 11.3 Å². The standard InChI is InChI=1S/C17H27O.Y/c1-13(7-4-5-12-18)15-9-10-16-14(2)8-6-11-17(15,16)3;/h2,12-13,15-16H,4-11H2,1,3H3;/q-1;/t13-,15+,16?,17+;/m0./s1. The van der Waals surface area contributed by atoms with Gasteiger partial charge in [-0.25, -0.2) is 0 Å². The van der Waals surface area contributed by atoms with Gasteiger partial charge in [0.2, 0.25) is 0 Å². The van der Waals surface area contributed by atoms with Gasteiger partial charge in [0.1, 0.15) is 6.29 Å². The van der Waals surface area contributed by atoms with E-state index in [-0.39, 0.29) is 32.7 Å². The summed E-state index contributed by atoms with van der Waals surface area (Å²) >= 11 is 0. The van der Waals surface area contributed by atoms with Crippen LogP contribution in [-0.2, 0) is 37.5 Å². The van der Waals surface area contributed by atoms with E-state index in [1.807, 2.05) is 0 Å². The Bertz CT molecular complexity index is 325. The van der Waals surface area contributed by atoms with Crippen LogP contribution >= 0.6 is 0 Å². The van der Waals surface area contributed by atoms with Gasteiger partial charge < -0.3 is 11.4 Å². The molecule has 0 aliphatic heterocycles. The number of unbranched alkanes of at least 4 members (excludes halogenated alkanes) is 1. The fourth-order valence-electron chi connectivity index (χ4n) is 4.74. The fraction of sp³-hybridized carbons (Fsp3) is 0.824. The maximum absolute atomic E-state index is 10.4. The van der Waals surface area contributed by atoms with Gasteiger partial charge in [-0.05, 0) is 48.9 Å². The summed E-state index contributed by atoms with van der Waals surface area (Å²) < 4.78 is 0. The molecule has 19 heavy (non-hydrogen) atoms. The van der Waals surface area contributed by atoms with Crippen molar-refractivity contribution in [2.45, 2.75) is 65.2 Å². The van der Waals surface area contributed by atoms with Crippen LogP contribution in [-0.4, -0.2) is 6.29 Å². The zero-order valence-corrected chi connectivity index (χ0v) is 15.4. The number of allylic oxidation sites excluding steroid dienone is 1. The smallest absolute Gasteiger partial charge is 0.119 e. The van der Waals surface area contributed by atoms with Crippen molar-refractivity contribution in [2.24, 2.45) is 23.2 Å².